The van der Waals surface area contributed by atoms with E-state index in [1.54, 1.807) is 6.92 Å². The molecule has 12 heavy (non-hydrogen) atoms. The molecular weight excluding hydrogens is 159 g/mol. The molecule has 0 aromatic carbocycles. The maximum Gasteiger partial charge on any atom is 0.254 e. The molecule has 0 bridgehead atoms. The third kappa shape index (κ3) is 1.70. The van der Waals surface area contributed by atoms with Crippen molar-refractivity contribution in [1.29, 1.82) is 0 Å². The van der Waals surface area contributed by atoms with Gasteiger partial charge in [0.1, 0.15) is 0 Å². The Labute approximate surface area is 69.6 Å². The van der Waals surface area contributed by atoms with Gasteiger partial charge < -0.3 is 4.74 Å². The van der Waals surface area contributed by atoms with E-state index in [0.717, 1.165) is 6.20 Å². The van der Waals surface area contributed by atoms with Gasteiger partial charge in [0.2, 0.25) is 11.6 Å². The van der Waals surface area contributed by atoms with Crippen LogP contribution in [0.2, 0.25) is 0 Å². The quantitative estimate of drug-likeness (QED) is 0.583. The van der Waals surface area contributed by atoms with Gasteiger partial charge in [-0.05, 0) is 12.8 Å². The standard InChI is InChI=1S/C8H7FN2O/c1-3-4-7-10-5-6(9)8(11-7)12-2/h5H,1-2H3. The zero-order valence-corrected chi connectivity index (χ0v) is 6.76. The molecule has 0 spiro atoms. The van der Waals surface area contributed by atoms with E-state index in [1.165, 1.54) is 7.11 Å². The molecule has 0 amide bonds. The van der Waals surface area contributed by atoms with Crippen molar-refractivity contribution in [2.75, 3.05) is 7.11 Å². The highest BCUT2D eigenvalue weighted by molar-refractivity contribution is 5.23. The first-order chi connectivity index (χ1) is 5.77. The number of aromatic nitrogens is 2. The lowest BCUT2D eigenvalue weighted by Gasteiger charge is -1.98. The molecule has 0 aliphatic rings. The average molecular weight is 166 g/mol. The second kappa shape index (κ2) is 3.67. The molecule has 3 nitrogen and oxygen atoms in total. The van der Waals surface area contributed by atoms with Crippen LogP contribution in [0, 0.1) is 17.7 Å². The van der Waals surface area contributed by atoms with Gasteiger partial charge in [0.15, 0.2) is 0 Å². The van der Waals surface area contributed by atoms with Crippen molar-refractivity contribution in [2.24, 2.45) is 0 Å². The summed E-state index contributed by atoms with van der Waals surface area (Å²) in [6.07, 6.45) is 1.03. The molecule has 62 valence electrons. The second-order valence-corrected chi connectivity index (χ2v) is 1.93. The fourth-order valence-electron chi connectivity index (χ4n) is 0.667. The molecule has 0 N–H and O–H groups in total. The van der Waals surface area contributed by atoms with Crippen LogP contribution in [0.15, 0.2) is 6.20 Å². The second-order valence-electron chi connectivity index (χ2n) is 1.93. The number of ether oxygens (including phenoxy) is 1. The summed E-state index contributed by atoms with van der Waals surface area (Å²) in [6, 6.07) is 0. The molecule has 4 heteroatoms. The number of halogens is 1. The molecular formula is C8H7FN2O. The third-order valence-corrected chi connectivity index (χ3v) is 1.14. The summed E-state index contributed by atoms with van der Waals surface area (Å²) >= 11 is 0. The lowest BCUT2D eigenvalue weighted by atomic mass is 10.5. The van der Waals surface area contributed by atoms with Gasteiger partial charge in [0.25, 0.3) is 5.88 Å². The average Bonchev–Trinajstić information content (AvgIpc) is 2.09. The van der Waals surface area contributed by atoms with Crippen molar-refractivity contribution in [3.05, 3.63) is 17.8 Å². The minimum atomic E-state index is -0.584. The van der Waals surface area contributed by atoms with Crippen LogP contribution in [-0.4, -0.2) is 17.1 Å². The maximum atomic E-state index is 12.7. The van der Waals surface area contributed by atoms with E-state index in [1.807, 2.05) is 0 Å². The summed E-state index contributed by atoms with van der Waals surface area (Å²) in [4.78, 5) is 7.34. The van der Waals surface area contributed by atoms with E-state index in [0.29, 0.717) is 0 Å². The Morgan fingerprint density at radius 2 is 2.33 bits per heavy atom. The largest absolute Gasteiger partial charge is 0.479 e. The van der Waals surface area contributed by atoms with Crippen LogP contribution in [0.5, 0.6) is 5.88 Å². The summed E-state index contributed by atoms with van der Waals surface area (Å²) in [5.74, 6) is 4.79. The zero-order chi connectivity index (χ0) is 8.97. The minimum absolute atomic E-state index is 0.0808. The molecule has 0 unspecified atom stereocenters. The number of methoxy groups -OCH3 is 1. The fraction of sp³-hybridized carbons (Fsp3) is 0.250. The van der Waals surface area contributed by atoms with Crippen LogP contribution in [0.3, 0.4) is 0 Å². The SMILES string of the molecule is CC#Cc1ncc(F)c(OC)n1. The van der Waals surface area contributed by atoms with Gasteiger partial charge in [0.05, 0.1) is 13.3 Å². The summed E-state index contributed by atoms with van der Waals surface area (Å²) < 4.78 is 17.4. The van der Waals surface area contributed by atoms with Crippen LogP contribution in [0.1, 0.15) is 12.7 Å². The van der Waals surface area contributed by atoms with E-state index < -0.39 is 5.82 Å². The molecule has 0 saturated heterocycles. The molecule has 1 aromatic heterocycles. The topological polar surface area (TPSA) is 35.0 Å². The van der Waals surface area contributed by atoms with Gasteiger partial charge in [-0.2, -0.15) is 9.37 Å². The van der Waals surface area contributed by atoms with Crippen LogP contribution in [0.4, 0.5) is 4.39 Å². The number of nitrogens with zero attached hydrogens (tertiary/aromatic N) is 2. The summed E-state index contributed by atoms with van der Waals surface area (Å²) in [5, 5.41) is 0. The Bertz CT molecular complexity index is 341. The zero-order valence-electron chi connectivity index (χ0n) is 6.76. The van der Waals surface area contributed by atoms with Crippen LogP contribution in [-0.2, 0) is 0 Å². The summed E-state index contributed by atoms with van der Waals surface area (Å²) in [7, 11) is 1.34. The molecule has 1 heterocycles. The third-order valence-electron chi connectivity index (χ3n) is 1.14. The van der Waals surface area contributed by atoms with Crippen molar-refractivity contribution in [1.82, 2.24) is 9.97 Å². The Morgan fingerprint density at radius 3 is 2.92 bits per heavy atom. The van der Waals surface area contributed by atoms with Gasteiger partial charge in [-0.15, -0.1) is 0 Å². The van der Waals surface area contributed by atoms with Gasteiger partial charge in [-0.1, -0.05) is 5.92 Å². The Hall–Kier alpha value is -1.63. The van der Waals surface area contributed by atoms with Gasteiger partial charge in [-0.3, -0.25) is 0 Å². The normalized spacial score (nSPS) is 8.58. The smallest absolute Gasteiger partial charge is 0.254 e. The number of rotatable bonds is 1. The first kappa shape index (κ1) is 8.47. The Morgan fingerprint density at radius 1 is 1.58 bits per heavy atom. The highest BCUT2D eigenvalue weighted by Gasteiger charge is 2.04. The van der Waals surface area contributed by atoms with Crippen molar-refractivity contribution in [3.8, 4) is 17.7 Å². The van der Waals surface area contributed by atoms with Crippen molar-refractivity contribution in [3.63, 3.8) is 0 Å². The van der Waals surface area contributed by atoms with Crippen molar-refractivity contribution < 1.29 is 9.13 Å². The highest BCUT2D eigenvalue weighted by atomic mass is 19.1. The van der Waals surface area contributed by atoms with E-state index in [2.05, 4.69) is 26.5 Å². The van der Waals surface area contributed by atoms with E-state index in [-0.39, 0.29) is 11.7 Å². The van der Waals surface area contributed by atoms with Crippen LogP contribution < -0.4 is 4.74 Å². The monoisotopic (exact) mass is 166 g/mol. The molecule has 0 radical (unpaired) electrons. The fourth-order valence-corrected chi connectivity index (χ4v) is 0.667. The number of hydrogen-bond acceptors (Lipinski definition) is 3. The molecule has 0 saturated carbocycles. The lowest BCUT2D eigenvalue weighted by molar-refractivity contribution is 0.366. The first-order valence-corrected chi connectivity index (χ1v) is 3.27. The van der Waals surface area contributed by atoms with E-state index >= 15 is 0 Å². The highest BCUT2D eigenvalue weighted by Crippen LogP contribution is 2.10. The van der Waals surface area contributed by atoms with Crippen molar-refractivity contribution >= 4 is 0 Å². The Kier molecular flexibility index (Phi) is 2.59. The summed E-state index contributed by atoms with van der Waals surface area (Å²) in [5.41, 5.74) is 0. The maximum absolute atomic E-state index is 12.7. The predicted molar refractivity (Wildman–Crippen MR) is 41.1 cm³/mol. The predicted octanol–water partition coefficient (Wildman–Crippen LogP) is 0.996. The molecule has 1 aromatic rings. The molecule has 0 atom stereocenters. The van der Waals surface area contributed by atoms with Crippen LogP contribution >= 0.6 is 0 Å². The molecule has 1 rings (SSSR count). The van der Waals surface area contributed by atoms with Crippen molar-refractivity contribution in [2.45, 2.75) is 6.92 Å². The Balaban J connectivity index is 3.10. The van der Waals surface area contributed by atoms with E-state index in [9.17, 15) is 4.39 Å². The molecule has 0 fully saturated rings. The summed E-state index contributed by atoms with van der Waals surface area (Å²) in [6.45, 7) is 1.65. The van der Waals surface area contributed by atoms with Gasteiger partial charge >= 0.3 is 0 Å². The lowest BCUT2D eigenvalue weighted by Crippen LogP contribution is -1.96. The molecule has 0 aliphatic carbocycles. The van der Waals surface area contributed by atoms with Gasteiger partial charge in [0, 0.05) is 0 Å². The van der Waals surface area contributed by atoms with Gasteiger partial charge in [-0.25, -0.2) is 4.98 Å². The minimum Gasteiger partial charge on any atom is -0.479 e. The first-order valence-electron chi connectivity index (χ1n) is 3.27. The van der Waals surface area contributed by atoms with E-state index in [4.69, 9.17) is 0 Å². The van der Waals surface area contributed by atoms with Crippen LogP contribution in [0.25, 0.3) is 0 Å². The molecule has 0 aliphatic heterocycles. The number of hydrogen-bond donors (Lipinski definition) is 0.